The minimum Gasteiger partial charge on any atom is -0.354 e. The van der Waals surface area contributed by atoms with Gasteiger partial charge in [0.2, 0.25) is 15.9 Å². The summed E-state index contributed by atoms with van der Waals surface area (Å²) in [5, 5.41) is 5.69. The number of carbonyl (C=O) groups excluding carboxylic acids is 1. The number of thiophene rings is 1. The molecule has 31 heavy (non-hydrogen) atoms. The van der Waals surface area contributed by atoms with E-state index in [1.54, 1.807) is 23.5 Å². The van der Waals surface area contributed by atoms with Gasteiger partial charge in [-0.3, -0.25) is 9.69 Å². The minimum atomic E-state index is -3.64. The Bertz CT molecular complexity index is 974. The van der Waals surface area contributed by atoms with Crippen LogP contribution < -0.4 is 5.32 Å². The molecule has 2 aliphatic heterocycles. The van der Waals surface area contributed by atoms with Crippen molar-refractivity contribution in [3.05, 3.63) is 51.7 Å². The zero-order chi connectivity index (χ0) is 21.8. The maximum absolute atomic E-state index is 13.0. The lowest BCUT2D eigenvalue weighted by atomic mass is 9.98. The molecule has 0 aliphatic carbocycles. The largest absolute Gasteiger partial charge is 0.354 e. The Labute approximate surface area is 193 Å². The maximum Gasteiger partial charge on any atom is 0.243 e. The summed E-state index contributed by atoms with van der Waals surface area (Å²) in [6.07, 6.45) is 3.75. The number of amides is 1. The molecule has 2 aliphatic rings. The monoisotopic (exact) mass is 481 g/mol. The van der Waals surface area contributed by atoms with Crippen molar-refractivity contribution >= 4 is 38.9 Å². The number of rotatable bonds is 7. The average Bonchev–Trinajstić information content (AvgIpc) is 3.49. The molecule has 1 aromatic heterocycles. The SMILES string of the molecule is O=C(NCC(c1cccs1)N1CCCC1)C1CCCN(S(=O)(=O)c2ccc(Cl)cc2)C1. The van der Waals surface area contributed by atoms with Crippen LogP contribution in [-0.4, -0.2) is 56.3 Å². The van der Waals surface area contributed by atoms with Gasteiger partial charge >= 0.3 is 0 Å². The first kappa shape index (κ1) is 22.7. The molecule has 1 N–H and O–H groups in total. The topological polar surface area (TPSA) is 69.7 Å². The van der Waals surface area contributed by atoms with E-state index in [1.165, 1.54) is 34.2 Å². The molecule has 3 heterocycles. The molecule has 1 amide bonds. The van der Waals surface area contributed by atoms with Gasteiger partial charge in [0.1, 0.15) is 0 Å². The molecule has 0 saturated carbocycles. The Hall–Kier alpha value is -1.45. The standard InChI is InChI=1S/C22H28ClN3O3S2/c23-18-7-9-19(10-8-18)31(28,29)26-13-3-5-17(16-26)22(27)24-15-20(21-6-4-14-30-21)25-11-1-2-12-25/h4,6-10,14,17,20H,1-3,5,11-13,15-16H2,(H,24,27). The van der Waals surface area contributed by atoms with Crippen molar-refractivity contribution in [1.29, 1.82) is 0 Å². The summed E-state index contributed by atoms with van der Waals surface area (Å²) in [4.78, 5) is 16.9. The van der Waals surface area contributed by atoms with Crippen LogP contribution in [0.25, 0.3) is 0 Å². The van der Waals surface area contributed by atoms with Crippen LogP contribution in [0.3, 0.4) is 0 Å². The number of nitrogens with one attached hydrogen (secondary N) is 1. The molecule has 2 atom stereocenters. The van der Waals surface area contributed by atoms with E-state index in [9.17, 15) is 13.2 Å². The zero-order valence-corrected chi connectivity index (χ0v) is 19.8. The molecule has 2 aromatic rings. The molecule has 6 nitrogen and oxygen atoms in total. The second-order valence-corrected chi connectivity index (χ2v) is 11.5. The van der Waals surface area contributed by atoms with Crippen molar-refractivity contribution in [1.82, 2.24) is 14.5 Å². The number of carbonyl (C=O) groups is 1. The fraction of sp³-hybridized carbons (Fsp3) is 0.500. The van der Waals surface area contributed by atoms with Crippen LogP contribution in [0.5, 0.6) is 0 Å². The molecular weight excluding hydrogens is 454 g/mol. The number of likely N-dealkylation sites (tertiary alicyclic amines) is 1. The zero-order valence-electron chi connectivity index (χ0n) is 17.4. The molecule has 2 saturated heterocycles. The highest BCUT2D eigenvalue weighted by molar-refractivity contribution is 7.89. The van der Waals surface area contributed by atoms with E-state index < -0.39 is 10.0 Å². The van der Waals surface area contributed by atoms with Gasteiger partial charge in [-0.2, -0.15) is 4.31 Å². The number of piperidine rings is 1. The van der Waals surface area contributed by atoms with Gasteiger partial charge in [-0.15, -0.1) is 11.3 Å². The van der Waals surface area contributed by atoms with E-state index in [-0.39, 0.29) is 29.3 Å². The van der Waals surface area contributed by atoms with Gasteiger partial charge in [0.05, 0.1) is 16.9 Å². The molecule has 4 rings (SSSR count). The summed E-state index contributed by atoms with van der Waals surface area (Å²) >= 11 is 7.61. The van der Waals surface area contributed by atoms with Gasteiger partial charge < -0.3 is 5.32 Å². The van der Waals surface area contributed by atoms with Gasteiger partial charge in [0.15, 0.2) is 0 Å². The Kier molecular flexibility index (Phi) is 7.33. The quantitative estimate of drug-likeness (QED) is 0.653. The van der Waals surface area contributed by atoms with Crippen LogP contribution in [0.4, 0.5) is 0 Å². The van der Waals surface area contributed by atoms with E-state index in [4.69, 9.17) is 11.6 Å². The lowest BCUT2D eigenvalue weighted by Gasteiger charge is -2.32. The number of sulfonamides is 1. The molecule has 2 fully saturated rings. The Morgan fingerprint density at radius 2 is 1.87 bits per heavy atom. The van der Waals surface area contributed by atoms with Gasteiger partial charge in [0.25, 0.3) is 0 Å². The van der Waals surface area contributed by atoms with Crippen molar-refractivity contribution in [2.24, 2.45) is 5.92 Å². The highest BCUT2D eigenvalue weighted by atomic mass is 35.5. The van der Waals surface area contributed by atoms with Crippen LogP contribution >= 0.6 is 22.9 Å². The van der Waals surface area contributed by atoms with E-state index >= 15 is 0 Å². The number of nitrogens with zero attached hydrogens (tertiary/aromatic N) is 2. The van der Waals surface area contributed by atoms with E-state index in [2.05, 4.69) is 21.7 Å². The first-order valence-electron chi connectivity index (χ1n) is 10.8. The van der Waals surface area contributed by atoms with Gasteiger partial charge in [0, 0.05) is 29.5 Å². The highest BCUT2D eigenvalue weighted by Gasteiger charge is 2.34. The molecule has 2 unspecified atom stereocenters. The van der Waals surface area contributed by atoms with E-state index in [0.717, 1.165) is 13.1 Å². The Morgan fingerprint density at radius 1 is 1.13 bits per heavy atom. The lowest BCUT2D eigenvalue weighted by molar-refractivity contribution is -0.126. The third-order valence-corrected chi connectivity index (χ3v) is 9.23. The van der Waals surface area contributed by atoms with Gasteiger partial charge in [-0.1, -0.05) is 17.7 Å². The number of hydrogen-bond acceptors (Lipinski definition) is 5. The average molecular weight is 482 g/mol. The predicted molar refractivity (Wildman–Crippen MR) is 124 cm³/mol. The predicted octanol–water partition coefficient (Wildman–Crippen LogP) is 3.76. The third kappa shape index (κ3) is 5.31. The summed E-state index contributed by atoms with van der Waals surface area (Å²) in [6, 6.07) is 10.5. The summed E-state index contributed by atoms with van der Waals surface area (Å²) in [6.45, 7) is 3.30. The minimum absolute atomic E-state index is 0.0586. The van der Waals surface area contributed by atoms with Crippen LogP contribution in [0.1, 0.15) is 36.6 Å². The lowest BCUT2D eigenvalue weighted by Crippen LogP contribution is -2.46. The van der Waals surface area contributed by atoms with Crippen LogP contribution in [0.2, 0.25) is 5.02 Å². The second kappa shape index (κ2) is 10.0. The highest BCUT2D eigenvalue weighted by Crippen LogP contribution is 2.29. The fourth-order valence-corrected chi connectivity index (χ4v) is 6.93. The number of benzene rings is 1. The molecule has 0 bridgehead atoms. The molecule has 9 heteroatoms. The molecule has 1 aromatic carbocycles. The van der Waals surface area contributed by atoms with Crippen molar-refractivity contribution in [3.8, 4) is 0 Å². The first-order chi connectivity index (χ1) is 14.9. The molecule has 0 radical (unpaired) electrons. The molecular formula is C22H28ClN3O3S2. The maximum atomic E-state index is 13.0. The van der Waals surface area contributed by atoms with Crippen LogP contribution in [0.15, 0.2) is 46.7 Å². The van der Waals surface area contributed by atoms with Crippen molar-refractivity contribution in [3.63, 3.8) is 0 Å². The number of halogens is 1. The summed E-state index contributed by atoms with van der Waals surface area (Å²) < 4.78 is 27.4. The van der Waals surface area contributed by atoms with Crippen molar-refractivity contribution < 1.29 is 13.2 Å². The summed E-state index contributed by atoms with van der Waals surface area (Å²) in [7, 11) is -3.64. The number of hydrogen-bond donors (Lipinski definition) is 1. The van der Waals surface area contributed by atoms with Gasteiger partial charge in [-0.05, 0) is 74.5 Å². The summed E-state index contributed by atoms with van der Waals surface area (Å²) in [5.74, 6) is -0.393. The first-order valence-corrected chi connectivity index (χ1v) is 13.5. The van der Waals surface area contributed by atoms with Crippen LogP contribution in [-0.2, 0) is 14.8 Å². The fourth-order valence-electron chi connectivity index (χ4n) is 4.42. The smallest absolute Gasteiger partial charge is 0.243 e. The van der Waals surface area contributed by atoms with Gasteiger partial charge in [-0.25, -0.2) is 8.42 Å². The Balaban J connectivity index is 1.39. The molecule has 0 spiro atoms. The van der Waals surface area contributed by atoms with Crippen LogP contribution in [0, 0.1) is 5.92 Å². The summed E-state index contributed by atoms with van der Waals surface area (Å²) in [5.41, 5.74) is 0. The molecule has 168 valence electrons. The van der Waals surface area contributed by atoms with E-state index in [1.807, 2.05) is 6.07 Å². The second-order valence-electron chi connectivity index (χ2n) is 8.18. The van der Waals surface area contributed by atoms with Crippen molar-refractivity contribution in [2.75, 3.05) is 32.7 Å². The Morgan fingerprint density at radius 3 is 2.55 bits per heavy atom. The third-order valence-electron chi connectivity index (χ3n) is 6.13. The normalized spacial score (nSPS) is 21.8. The van der Waals surface area contributed by atoms with Crippen molar-refractivity contribution in [2.45, 2.75) is 36.6 Å². The van der Waals surface area contributed by atoms with E-state index in [0.29, 0.717) is 31.0 Å².